The van der Waals surface area contributed by atoms with Gasteiger partial charge >= 0.3 is 0 Å². The zero-order valence-corrected chi connectivity index (χ0v) is 10.5. The molecule has 3 rings (SSSR count). The van der Waals surface area contributed by atoms with Crippen molar-refractivity contribution in [1.29, 1.82) is 0 Å². The SMILES string of the molecule is O=C1NC(c2ccc3c(c2)CCC3)CC1CCO. The summed E-state index contributed by atoms with van der Waals surface area (Å²) in [6.45, 7) is 0.0923. The summed E-state index contributed by atoms with van der Waals surface area (Å²) in [6.07, 6.45) is 5.01. The molecule has 0 spiro atoms. The third-order valence-corrected chi connectivity index (χ3v) is 4.21. The van der Waals surface area contributed by atoms with E-state index in [9.17, 15) is 4.79 Å². The van der Waals surface area contributed by atoms with E-state index in [4.69, 9.17) is 5.11 Å². The Hall–Kier alpha value is -1.35. The normalized spacial score (nSPS) is 26.2. The Morgan fingerprint density at radius 2 is 2.11 bits per heavy atom. The molecule has 3 heteroatoms. The lowest BCUT2D eigenvalue weighted by Crippen LogP contribution is -2.21. The fraction of sp³-hybridized carbons (Fsp3) is 0.533. The van der Waals surface area contributed by atoms with Crippen LogP contribution in [0.15, 0.2) is 18.2 Å². The van der Waals surface area contributed by atoms with E-state index in [1.54, 1.807) is 0 Å². The Bertz CT molecular complexity index is 470. The van der Waals surface area contributed by atoms with Gasteiger partial charge < -0.3 is 10.4 Å². The molecule has 2 atom stereocenters. The number of carbonyl (C=O) groups excluding carboxylic acids is 1. The first-order valence-corrected chi connectivity index (χ1v) is 6.81. The Morgan fingerprint density at radius 1 is 1.28 bits per heavy atom. The highest BCUT2D eigenvalue weighted by molar-refractivity contribution is 5.81. The molecule has 18 heavy (non-hydrogen) atoms. The molecule has 1 fully saturated rings. The molecule has 2 aliphatic rings. The van der Waals surface area contributed by atoms with Crippen molar-refractivity contribution in [3.05, 3.63) is 34.9 Å². The molecular formula is C15H19NO2. The zero-order valence-electron chi connectivity index (χ0n) is 10.5. The number of rotatable bonds is 3. The average Bonchev–Trinajstić information content (AvgIpc) is 2.96. The third kappa shape index (κ3) is 2.03. The number of aryl methyl sites for hydroxylation is 2. The van der Waals surface area contributed by atoms with Gasteiger partial charge in [0.05, 0.1) is 6.04 Å². The molecule has 1 aromatic carbocycles. The molecule has 0 bridgehead atoms. The molecule has 2 N–H and O–H groups in total. The molecule has 1 aliphatic heterocycles. The van der Waals surface area contributed by atoms with Crippen LogP contribution < -0.4 is 5.32 Å². The molecular weight excluding hydrogens is 226 g/mol. The molecule has 1 aromatic rings. The van der Waals surface area contributed by atoms with Gasteiger partial charge in [-0.25, -0.2) is 0 Å². The van der Waals surface area contributed by atoms with Crippen molar-refractivity contribution in [2.75, 3.05) is 6.61 Å². The van der Waals surface area contributed by atoms with Crippen LogP contribution in [0.3, 0.4) is 0 Å². The van der Waals surface area contributed by atoms with E-state index in [1.807, 2.05) is 0 Å². The minimum absolute atomic E-state index is 0.0201. The van der Waals surface area contributed by atoms with Crippen LogP contribution >= 0.6 is 0 Å². The summed E-state index contributed by atoms with van der Waals surface area (Å²) in [5, 5.41) is 12.0. The highest BCUT2D eigenvalue weighted by Gasteiger charge is 2.32. The van der Waals surface area contributed by atoms with Gasteiger partial charge in [-0.15, -0.1) is 0 Å². The standard InChI is InChI=1S/C15H19NO2/c17-7-6-13-9-14(16-15(13)18)12-5-4-10-2-1-3-11(10)8-12/h4-5,8,13-14,17H,1-3,6-7,9H2,(H,16,18). The second-order valence-electron chi connectivity index (χ2n) is 5.39. The molecule has 1 aliphatic carbocycles. The first-order valence-electron chi connectivity index (χ1n) is 6.81. The van der Waals surface area contributed by atoms with E-state index in [2.05, 4.69) is 23.5 Å². The van der Waals surface area contributed by atoms with E-state index in [-0.39, 0.29) is 24.5 Å². The smallest absolute Gasteiger partial charge is 0.223 e. The molecule has 0 saturated carbocycles. The number of amides is 1. The minimum atomic E-state index is -0.0201. The van der Waals surface area contributed by atoms with Crippen molar-refractivity contribution in [3.8, 4) is 0 Å². The number of benzene rings is 1. The maximum Gasteiger partial charge on any atom is 0.223 e. The van der Waals surface area contributed by atoms with Gasteiger partial charge in [0.2, 0.25) is 5.91 Å². The molecule has 1 saturated heterocycles. The number of hydrogen-bond acceptors (Lipinski definition) is 2. The van der Waals surface area contributed by atoms with E-state index in [0.717, 1.165) is 6.42 Å². The van der Waals surface area contributed by atoms with Crippen LogP contribution in [0, 0.1) is 5.92 Å². The second kappa shape index (κ2) is 4.73. The van der Waals surface area contributed by atoms with Gasteiger partial charge in [0.1, 0.15) is 0 Å². The topological polar surface area (TPSA) is 49.3 Å². The summed E-state index contributed by atoms with van der Waals surface area (Å²) in [7, 11) is 0. The average molecular weight is 245 g/mol. The van der Waals surface area contributed by atoms with E-state index < -0.39 is 0 Å². The largest absolute Gasteiger partial charge is 0.396 e. The van der Waals surface area contributed by atoms with Gasteiger partial charge in [-0.3, -0.25) is 4.79 Å². The Morgan fingerprint density at radius 3 is 2.94 bits per heavy atom. The van der Waals surface area contributed by atoms with E-state index >= 15 is 0 Å². The molecule has 1 amide bonds. The van der Waals surface area contributed by atoms with Crippen LogP contribution in [0.25, 0.3) is 0 Å². The quantitative estimate of drug-likeness (QED) is 0.852. The number of aliphatic hydroxyl groups excluding tert-OH is 1. The van der Waals surface area contributed by atoms with Crippen molar-refractivity contribution < 1.29 is 9.90 Å². The van der Waals surface area contributed by atoms with Gasteiger partial charge in [-0.2, -0.15) is 0 Å². The van der Waals surface area contributed by atoms with E-state index in [1.165, 1.54) is 36.0 Å². The van der Waals surface area contributed by atoms with Crippen molar-refractivity contribution in [2.24, 2.45) is 5.92 Å². The van der Waals surface area contributed by atoms with E-state index in [0.29, 0.717) is 6.42 Å². The van der Waals surface area contributed by atoms with Crippen LogP contribution in [0.2, 0.25) is 0 Å². The van der Waals surface area contributed by atoms with Crippen molar-refractivity contribution in [1.82, 2.24) is 5.32 Å². The molecule has 0 radical (unpaired) electrons. The highest BCUT2D eigenvalue weighted by atomic mass is 16.3. The van der Waals surface area contributed by atoms with Crippen LogP contribution in [0.5, 0.6) is 0 Å². The van der Waals surface area contributed by atoms with Gasteiger partial charge in [-0.05, 0) is 48.8 Å². The number of fused-ring (bicyclic) bond motifs is 1. The number of hydrogen-bond donors (Lipinski definition) is 2. The lowest BCUT2D eigenvalue weighted by atomic mass is 9.95. The Labute approximate surface area is 107 Å². The zero-order chi connectivity index (χ0) is 12.5. The summed E-state index contributed by atoms with van der Waals surface area (Å²) >= 11 is 0. The summed E-state index contributed by atoms with van der Waals surface area (Å²) in [6, 6.07) is 6.76. The molecule has 1 heterocycles. The molecule has 96 valence electrons. The van der Waals surface area contributed by atoms with Gasteiger partial charge in [-0.1, -0.05) is 18.2 Å². The fourth-order valence-electron chi connectivity index (χ4n) is 3.17. The second-order valence-corrected chi connectivity index (χ2v) is 5.39. The van der Waals surface area contributed by atoms with Crippen molar-refractivity contribution in [3.63, 3.8) is 0 Å². The van der Waals surface area contributed by atoms with Crippen molar-refractivity contribution >= 4 is 5.91 Å². The lowest BCUT2D eigenvalue weighted by Gasteiger charge is -2.12. The molecule has 2 unspecified atom stereocenters. The van der Waals surface area contributed by atoms with Gasteiger partial charge in [0.25, 0.3) is 0 Å². The predicted octanol–water partition coefficient (Wildman–Crippen LogP) is 1.73. The predicted molar refractivity (Wildman–Crippen MR) is 69.2 cm³/mol. The number of carbonyl (C=O) groups is 1. The van der Waals surface area contributed by atoms with Crippen LogP contribution in [-0.4, -0.2) is 17.6 Å². The number of aliphatic hydroxyl groups is 1. The molecule has 3 nitrogen and oxygen atoms in total. The summed E-state index contributed by atoms with van der Waals surface area (Å²) in [5.74, 6) is 0.0720. The first-order chi connectivity index (χ1) is 8.78. The monoisotopic (exact) mass is 245 g/mol. The summed E-state index contributed by atoms with van der Waals surface area (Å²) < 4.78 is 0. The lowest BCUT2D eigenvalue weighted by molar-refractivity contribution is -0.123. The van der Waals surface area contributed by atoms with Crippen LogP contribution in [-0.2, 0) is 17.6 Å². The van der Waals surface area contributed by atoms with Crippen LogP contribution in [0.4, 0.5) is 0 Å². The maximum absolute atomic E-state index is 11.8. The maximum atomic E-state index is 11.8. The fourth-order valence-corrected chi connectivity index (χ4v) is 3.17. The highest BCUT2D eigenvalue weighted by Crippen LogP contribution is 2.32. The van der Waals surface area contributed by atoms with Crippen molar-refractivity contribution in [2.45, 2.75) is 38.1 Å². The third-order valence-electron chi connectivity index (χ3n) is 4.21. The van der Waals surface area contributed by atoms with Gasteiger partial charge in [0.15, 0.2) is 0 Å². The Kier molecular flexibility index (Phi) is 3.08. The number of nitrogens with one attached hydrogen (secondary N) is 1. The Balaban J connectivity index is 1.78. The summed E-state index contributed by atoms with van der Waals surface area (Å²) in [5.41, 5.74) is 4.15. The minimum Gasteiger partial charge on any atom is -0.396 e. The van der Waals surface area contributed by atoms with Gasteiger partial charge in [0, 0.05) is 12.5 Å². The molecule has 0 aromatic heterocycles. The summed E-state index contributed by atoms with van der Waals surface area (Å²) in [4.78, 5) is 11.8. The first kappa shape index (κ1) is 11.7. The van der Waals surface area contributed by atoms with Crippen LogP contribution in [0.1, 0.15) is 42.0 Å².